The minimum atomic E-state index is -2.95. The molecule has 0 radical (unpaired) electrons. The molecule has 1 amide bonds. The average Bonchev–Trinajstić information content (AvgIpc) is 2.91. The van der Waals surface area contributed by atoms with Crippen molar-refractivity contribution in [2.45, 2.75) is 83.0 Å². The second-order valence-electron chi connectivity index (χ2n) is 11.9. The molecule has 11 nitrogen and oxygen atoms in total. The lowest BCUT2D eigenvalue weighted by Gasteiger charge is -2.53. The van der Waals surface area contributed by atoms with Crippen molar-refractivity contribution in [2.24, 2.45) is 17.6 Å². The SMILES string of the molecule is CC.C[C@H]1c2ccc(C(C)(C)CCCC#N)c(O)c2C(O)=C2C(=O)[C@]3(O)C(O)=C(C(N)=O)C(=O)[C@@H](N(C)C)[C@@H]3[C@@H](O)[C@@H]21. The van der Waals surface area contributed by atoms with Crippen LogP contribution in [0.25, 0.3) is 5.76 Å². The molecular weight excluding hydrogens is 542 g/mol. The van der Waals surface area contributed by atoms with Crippen LogP contribution in [-0.2, 0) is 19.8 Å². The lowest BCUT2D eigenvalue weighted by Crippen LogP contribution is -2.70. The number of ketones is 2. The molecule has 1 saturated carbocycles. The van der Waals surface area contributed by atoms with E-state index in [4.69, 9.17) is 11.0 Å². The summed E-state index contributed by atoms with van der Waals surface area (Å²) in [5.41, 5.74) is 1.27. The maximum atomic E-state index is 14.1. The lowest BCUT2D eigenvalue weighted by atomic mass is 9.54. The van der Waals surface area contributed by atoms with Crippen LogP contribution in [-0.4, -0.2) is 79.7 Å². The van der Waals surface area contributed by atoms with Crippen LogP contribution in [0.1, 0.15) is 76.5 Å². The molecule has 0 saturated heterocycles. The topological polar surface area (TPSA) is 205 Å². The van der Waals surface area contributed by atoms with Crippen LogP contribution in [0.3, 0.4) is 0 Å². The van der Waals surface area contributed by atoms with Gasteiger partial charge in [0.1, 0.15) is 22.8 Å². The van der Waals surface area contributed by atoms with Gasteiger partial charge < -0.3 is 31.3 Å². The van der Waals surface area contributed by atoms with Crippen molar-refractivity contribution >= 4 is 23.2 Å². The van der Waals surface area contributed by atoms with Gasteiger partial charge in [-0.15, -0.1) is 0 Å². The van der Waals surface area contributed by atoms with E-state index in [9.17, 15) is 39.9 Å². The molecule has 0 unspecified atom stereocenters. The van der Waals surface area contributed by atoms with E-state index < -0.39 is 81.1 Å². The smallest absolute Gasteiger partial charge is 0.255 e. The van der Waals surface area contributed by atoms with Gasteiger partial charge in [0.25, 0.3) is 5.91 Å². The number of rotatable bonds is 6. The molecule has 7 N–H and O–H groups in total. The number of unbranched alkanes of at least 4 members (excludes halogenated alkanes) is 1. The van der Waals surface area contributed by atoms with E-state index >= 15 is 0 Å². The summed E-state index contributed by atoms with van der Waals surface area (Å²) in [6.45, 7) is 9.44. The molecule has 0 bridgehead atoms. The Bertz CT molecular complexity index is 1420. The Kier molecular flexibility index (Phi) is 8.99. The van der Waals surface area contributed by atoms with E-state index in [-0.39, 0.29) is 11.3 Å². The Hall–Kier alpha value is -3.72. The third-order valence-electron chi connectivity index (χ3n) is 8.95. The number of phenols is 1. The third kappa shape index (κ3) is 4.58. The van der Waals surface area contributed by atoms with E-state index in [0.717, 1.165) is 0 Å². The van der Waals surface area contributed by atoms with Crippen LogP contribution in [0.4, 0.5) is 0 Å². The number of hydrogen-bond donors (Lipinski definition) is 6. The molecule has 228 valence electrons. The summed E-state index contributed by atoms with van der Waals surface area (Å²) < 4.78 is 0. The first-order valence-corrected chi connectivity index (χ1v) is 14.1. The van der Waals surface area contributed by atoms with Gasteiger partial charge in [-0.3, -0.25) is 19.3 Å². The molecule has 3 aliphatic carbocycles. The van der Waals surface area contributed by atoms with Crippen LogP contribution in [0.5, 0.6) is 5.75 Å². The standard InChI is InChI=1S/C29H35N3O8.C2H6/c1-12-13-8-9-14(28(2,3)10-6-7-11-30)21(33)16(13)22(34)17-15(12)23(35)19-20(32(4)5)24(36)18(27(31)39)26(38)29(19,40)25(17)37;1-2/h8-9,12,15,19-20,23,33-35,38,40H,6-7,10H2,1-5H3,(H2,31,39);1-2H3/t12-,15+,19+,20-,23-,29-;/m0./s1. The number of nitrogens with zero attached hydrogens (tertiary/aromatic N) is 2. The number of amides is 1. The summed E-state index contributed by atoms with van der Waals surface area (Å²) in [6, 6.07) is 4.10. The Morgan fingerprint density at radius 1 is 1.17 bits per heavy atom. The zero-order valence-corrected chi connectivity index (χ0v) is 25.1. The van der Waals surface area contributed by atoms with Crippen molar-refractivity contribution in [3.63, 3.8) is 0 Å². The van der Waals surface area contributed by atoms with Crippen molar-refractivity contribution in [3.05, 3.63) is 45.7 Å². The molecule has 11 heteroatoms. The number of phenolic OH excluding ortho intramolecular Hbond substituents is 1. The van der Waals surface area contributed by atoms with Crippen molar-refractivity contribution in [2.75, 3.05) is 14.1 Å². The fourth-order valence-corrected chi connectivity index (χ4v) is 6.91. The maximum absolute atomic E-state index is 14.1. The van der Waals surface area contributed by atoms with Crippen LogP contribution < -0.4 is 5.73 Å². The van der Waals surface area contributed by atoms with Crippen LogP contribution in [0, 0.1) is 23.2 Å². The molecule has 1 aromatic carbocycles. The third-order valence-corrected chi connectivity index (χ3v) is 8.95. The first-order valence-electron chi connectivity index (χ1n) is 14.1. The number of aliphatic hydroxyl groups is 4. The minimum Gasteiger partial charge on any atom is -0.508 e. The zero-order chi connectivity index (χ0) is 32.1. The summed E-state index contributed by atoms with van der Waals surface area (Å²) in [5.74, 6) is -9.11. The molecule has 4 rings (SSSR count). The number of hydrogen-bond acceptors (Lipinski definition) is 10. The predicted octanol–water partition coefficient (Wildman–Crippen LogP) is 2.49. The largest absolute Gasteiger partial charge is 0.508 e. The molecule has 6 atom stereocenters. The quantitative estimate of drug-likeness (QED) is 0.213. The number of fused-ring (bicyclic) bond motifs is 3. The highest BCUT2D eigenvalue weighted by Crippen LogP contribution is 2.57. The molecule has 0 aromatic heterocycles. The van der Waals surface area contributed by atoms with E-state index in [2.05, 4.69) is 6.07 Å². The Labute approximate surface area is 245 Å². The Morgan fingerprint density at radius 3 is 2.29 bits per heavy atom. The molecule has 0 spiro atoms. The summed E-state index contributed by atoms with van der Waals surface area (Å²) >= 11 is 0. The molecular formula is C31H41N3O8. The van der Waals surface area contributed by atoms with Gasteiger partial charge in [-0.25, -0.2) is 0 Å². The normalized spacial score (nSPS) is 28.8. The van der Waals surface area contributed by atoms with Gasteiger partial charge in [0, 0.05) is 23.5 Å². The van der Waals surface area contributed by atoms with Crippen LogP contribution >= 0.6 is 0 Å². The summed E-state index contributed by atoms with van der Waals surface area (Å²) in [7, 11) is 2.92. The molecule has 0 aliphatic heterocycles. The van der Waals surface area contributed by atoms with Gasteiger partial charge in [0.05, 0.1) is 29.7 Å². The van der Waals surface area contributed by atoms with Crippen molar-refractivity contribution in [3.8, 4) is 11.8 Å². The lowest BCUT2D eigenvalue weighted by molar-refractivity contribution is -0.169. The average molecular weight is 584 g/mol. The maximum Gasteiger partial charge on any atom is 0.255 e. The number of aliphatic hydroxyl groups excluding tert-OH is 3. The van der Waals surface area contributed by atoms with E-state index in [1.807, 2.05) is 27.7 Å². The number of primary amides is 1. The van der Waals surface area contributed by atoms with Crippen molar-refractivity contribution < 1.29 is 39.9 Å². The number of nitrogens with two attached hydrogens (primary N) is 1. The van der Waals surface area contributed by atoms with E-state index in [0.29, 0.717) is 30.4 Å². The van der Waals surface area contributed by atoms with Gasteiger partial charge in [-0.1, -0.05) is 46.8 Å². The molecule has 3 aliphatic rings. The van der Waals surface area contributed by atoms with E-state index in [1.165, 1.54) is 19.0 Å². The number of nitriles is 1. The van der Waals surface area contributed by atoms with Crippen molar-refractivity contribution in [1.82, 2.24) is 4.90 Å². The number of aromatic hydroxyl groups is 1. The first-order chi connectivity index (χ1) is 19.5. The fourth-order valence-electron chi connectivity index (χ4n) is 6.91. The van der Waals surface area contributed by atoms with Gasteiger partial charge in [0.15, 0.2) is 11.4 Å². The predicted molar refractivity (Wildman–Crippen MR) is 154 cm³/mol. The van der Waals surface area contributed by atoms with Gasteiger partial charge in [-0.05, 0) is 43.8 Å². The van der Waals surface area contributed by atoms with Crippen molar-refractivity contribution in [1.29, 1.82) is 5.26 Å². The number of likely N-dealkylation sites (N-methyl/N-ethyl adjacent to an activating group) is 1. The molecule has 42 heavy (non-hydrogen) atoms. The Morgan fingerprint density at radius 2 is 1.76 bits per heavy atom. The highest BCUT2D eigenvalue weighted by molar-refractivity contribution is 6.24. The highest BCUT2D eigenvalue weighted by Gasteiger charge is 2.68. The van der Waals surface area contributed by atoms with E-state index in [1.54, 1.807) is 19.1 Å². The van der Waals surface area contributed by atoms with Gasteiger partial charge >= 0.3 is 0 Å². The fraction of sp³-hybridized carbons (Fsp3) is 0.548. The number of benzene rings is 1. The summed E-state index contributed by atoms with van der Waals surface area (Å²) in [5, 5.41) is 66.3. The number of Topliss-reactive ketones (excluding diaryl/α,β-unsaturated/α-hetero) is 2. The molecule has 0 heterocycles. The monoisotopic (exact) mass is 583 g/mol. The van der Waals surface area contributed by atoms with Gasteiger partial charge in [0.2, 0.25) is 5.78 Å². The summed E-state index contributed by atoms with van der Waals surface area (Å²) in [6.07, 6.45) is -0.184. The zero-order valence-electron chi connectivity index (χ0n) is 25.1. The molecule has 1 aromatic rings. The number of carbonyl (C=O) groups is 3. The first kappa shape index (κ1) is 32.8. The second-order valence-corrected chi connectivity index (χ2v) is 11.9. The number of carbonyl (C=O) groups excluding carboxylic acids is 3. The molecule has 1 fully saturated rings. The minimum absolute atomic E-state index is 0.0400. The second kappa shape index (κ2) is 11.5. The summed E-state index contributed by atoms with van der Waals surface area (Å²) in [4.78, 5) is 40.8. The van der Waals surface area contributed by atoms with Gasteiger partial charge in [-0.2, -0.15) is 5.26 Å². The highest BCUT2D eigenvalue weighted by atomic mass is 16.4. The Balaban J connectivity index is 0.00000237. The van der Waals surface area contributed by atoms with Crippen LogP contribution in [0.15, 0.2) is 29.0 Å². The van der Waals surface area contributed by atoms with Crippen LogP contribution in [0.2, 0.25) is 0 Å².